The van der Waals surface area contributed by atoms with E-state index in [0.29, 0.717) is 18.9 Å². The lowest BCUT2D eigenvalue weighted by Gasteiger charge is -2.38. The van der Waals surface area contributed by atoms with Crippen LogP contribution in [0.2, 0.25) is 0 Å². The van der Waals surface area contributed by atoms with Crippen LogP contribution in [0.15, 0.2) is 29.8 Å². The minimum Gasteiger partial charge on any atom is -0.444 e. The lowest BCUT2D eigenvalue weighted by molar-refractivity contribution is -0.133. The number of rotatable bonds is 8. The Kier molecular flexibility index (Phi) is 8.02. The first kappa shape index (κ1) is 24.3. The van der Waals surface area contributed by atoms with Crippen molar-refractivity contribution < 1.29 is 14.3 Å². The summed E-state index contributed by atoms with van der Waals surface area (Å²) in [6, 6.07) is 8.95. The molecule has 0 spiro atoms. The molecule has 1 N–H and O–H groups in total. The van der Waals surface area contributed by atoms with Crippen LogP contribution in [0.25, 0.3) is 5.57 Å². The number of benzene rings is 1. The van der Waals surface area contributed by atoms with E-state index < -0.39 is 5.60 Å². The first-order chi connectivity index (χ1) is 15.2. The summed E-state index contributed by atoms with van der Waals surface area (Å²) in [6.45, 7) is 11.5. The maximum atomic E-state index is 13.2. The van der Waals surface area contributed by atoms with Crippen molar-refractivity contribution in [3.8, 4) is 0 Å². The van der Waals surface area contributed by atoms with E-state index in [1.54, 1.807) is 0 Å². The van der Waals surface area contributed by atoms with Gasteiger partial charge in [-0.3, -0.25) is 4.79 Å². The zero-order valence-electron chi connectivity index (χ0n) is 20.5. The number of nitrogens with one attached hydrogen (secondary N) is 1. The summed E-state index contributed by atoms with van der Waals surface area (Å²) in [4.78, 5) is 27.0. The van der Waals surface area contributed by atoms with Crippen LogP contribution in [0.4, 0.5) is 4.79 Å². The quantitative estimate of drug-likeness (QED) is 0.525. The molecule has 1 heterocycles. The fourth-order valence-corrected chi connectivity index (χ4v) is 4.88. The number of hydrogen-bond donors (Lipinski definition) is 1. The molecule has 0 saturated carbocycles. The molecule has 2 aliphatic rings. The second kappa shape index (κ2) is 10.5. The molecule has 0 aromatic heterocycles. The second-order valence-electron chi connectivity index (χ2n) is 10.6. The van der Waals surface area contributed by atoms with Crippen LogP contribution in [-0.2, 0) is 16.0 Å². The predicted molar refractivity (Wildman–Crippen MR) is 129 cm³/mol. The van der Waals surface area contributed by atoms with Gasteiger partial charge in [-0.05, 0) is 81.1 Å². The van der Waals surface area contributed by atoms with Gasteiger partial charge in [-0.15, -0.1) is 0 Å². The maximum absolute atomic E-state index is 13.2. The fraction of sp³-hybridized carbons (Fsp3) is 0.630. The van der Waals surface area contributed by atoms with Crippen LogP contribution < -0.4 is 5.32 Å². The van der Waals surface area contributed by atoms with Crippen molar-refractivity contribution in [2.45, 2.75) is 91.2 Å². The summed E-state index contributed by atoms with van der Waals surface area (Å²) in [5, 5.41) is 2.79. The molecule has 0 radical (unpaired) electrons. The van der Waals surface area contributed by atoms with Crippen LogP contribution in [0, 0.1) is 5.92 Å². The Bertz CT molecular complexity index is 851. The Hall–Kier alpha value is -2.30. The molecule has 32 heavy (non-hydrogen) atoms. The van der Waals surface area contributed by atoms with Gasteiger partial charge in [0, 0.05) is 19.5 Å². The van der Waals surface area contributed by atoms with E-state index in [2.05, 4.69) is 48.3 Å². The smallest absolute Gasteiger partial charge is 0.407 e. The summed E-state index contributed by atoms with van der Waals surface area (Å²) in [5.74, 6) is 0.822. The molecular formula is C27H40N2O3. The molecule has 1 atom stereocenters. The van der Waals surface area contributed by atoms with E-state index in [9.17, 15) is 9.59 Å². The summed E-state index contributed by atoms with van der Waals surface area (Å²) >= 11 is 0. The van der Waals surface area contributed by atoms with Crippen LogP contribution >= 0.6 is 0 Å². The van der Waals surface area contributed by atoms with Gasteiger partial charge in [-0.1, -0.05) is 44.5 Å². The summed E-state index contributed by atoms with van der Waals surface area (Å²) < 4.78 is 5.25. The Balaban J connectivity index is 1.49. The predicted octanol–water partition coefficient (Wildman–Crippen LogP) is 5.73. The lowest BCUT2D eigenvalue weighted by atomic mass is 9.87. The molecule has 1 aliphatic heterocycles. The molecule has 5 heteroatoms. The van der Waals surface area contributed by atoms with E-state index in [1.165, 1.54) is 22.3 Å². The third-order valence-electron chi connectivity index (χ3n) is 6.24. The van der Waals surface area contributed by atoms with E-state index in [1.807, 2.05) is 20.8 Å². The molecule has 1 aromatic rings. The molecule has 2 amide bonds. The Morgan fingerprint density at radius 2 is 1.91 bits per heavy atom. The van der Waals surface area contributed by atoms with Crippen molar-refractivity contribution in [1.29, 1.82) is 0 Å². The van der Waals surface area contributed by atoms with Gasteiger partial charge in [0.25, 0.3) is 0 Å². The third-order valence-corrected chi connectivity index (χ3v) is 6.24. The normalized spacial score (nSPS) is 17.9. The average molecular weight is 441 g/mol. The molecular weight excluding hydrogens is 400 g/mol. The van der Waals surface area contributed by atoms with Crippen molar-refractivity contribution >= 4 is 17.6 Å². The number of carbonyl (C=O) groups excluding carboxylic acids is 2. The molecule has 1 aliphatic carbocycles. The number of carbonyl (C=O) groups is 2. The highest BCUT2D eigenvalue weighted by Crippen LogP contribution is 2.42. The van der Waals surface area contributed by atoms with Gasteiger partial charge in [0.15, 0.2) is 0 Å². The Morgan fingerprint density at radius 1 is 1.16 bits per heavy atom. The number of alkyl carbamates (subject to hydrolysis) is 1. The molecule has 5 nitrogen and oxygen atoms in total. The zero-order valence-corrected chi connectivity index (χ0v) is 20.5. The largest absolute Gasteiger partial charge is 0.444 e. The number of hydrogen-bond acceptors (Lipinski definition) is 3. The standard InChI is InChI=1S/C27H40N2O3/c1-19(2)17-24-23-18-20-11-8-9-12-21(20)22(23)14-16-29(24)25(30)13-7-6-10-15-28-26(31)32-27(3,4)5/h8-9,11-12,19,24H,6-7,10,13-18H2,1-5H3,(H,28,31). The third kappa shape index (κ3) is 6.36. The summed E-state index contributed by atoms with van der Waals surface area (Å²) in [6.07, 6.45) is 5.81. The number of ether oxygens (including phenoxy) is 1. The van der Waals surface area contributed by atoms with Gasteiger partial charge >= 0.3 is 6.09 Å². The first-order valence-corrected chi connectivity index (χ1v) is 12.2. The second-order valence-corrected chi connectivity index (χ2v) is 10.6. The zero-order chi connectivity index (χ0) is 23.3. The monoisotopic (exact) mass is 440 g/mol. The van der Waals surface area contributed by atoms with Crippen molar-refractivity contribution in [1.82, 2.24) is 10.2 Å². The molecule has 0 fully saturated rings. The highest BCUT2D eigenvalue weighted by atomic mass is 16.6. The van der Waals surface area contributed by atoms with Crippen LogP contribution in [0.1, 0.15) is 84.3 Å². The highest BCUT2D eigenvalue weighted by molar-refractivity contribution is 5.83. The molecule has 176 valence electrons. The maximum Gasteiger partial charge on any atom is 0.407 e. The summed E-state index contributed by atoms with van der Waals surface area (Å²) in [5.41, 5.74) is 5.30. The first-order valence-electron chi connectivity index (χ1n) is 12.2. The topological polar surface area (TPSA) is 58.6 Å². The lowest BCUT2D eigenvalue weighted by Crippen LogP contribution is -2.45. The van der Waals surface area contributed by atoms with Gasteiger partial charge in [0.05, 0.1) is 6.04 Å². The molecule has 1 aromatic carbocycles. The minimum atomic E-state index is -0.479. The number of fused-ring (bicyclic) bond motifs is 2. The number of amides is 2. The van der Waals surface area contributed by atoms with Crippen LogP contribution in [0.5, 0.6) is 0 Å². The van der Waals surface area contributed by atoms with E-state index >= 15 is 0 Å². The van der Waals surface area contributed by atoms with Crippen LogP contribution in [0.3, 0.4) is 0 Å². The van der Waals surface area contributed by atoms with Crippen molar-refractivity contribution in [2.24, 2.45) is 5.92 Å². The van der Waals surface area contributed by atoms with E-state index in [4.69, 9.17) is 4.74 Å². The van der Waals surface area contributed by atoms with E-state index in [0.717, 1.165) is 45.1 Å². The molecule has 3 rings (SSSR count). The van der Waals surface area contributed by atoms with Gasteiger partial charge in [0.2, 0.25) is 5.91 Å². The molecule has 0 bridgehead atoms. The number of unbranched alkanes of at least 4 members (excludes halogenated alkanes) is 2. The molecule has 0 saturated heterocycles. The minimum absolute atomic E-state index is 0.229. The van der Waals surface area contributed by atoms with Gasteiger partial charge in [-0.2, -0.15) is 0 Å². The Labute approximate surface area is 193 Å². The van der Waals surface area contributed by atoms with Crippen LogP contribution in [-0.4, -0.2) is 41.6 Å². The Morgan fingerprint density at radius 3 is 2.62 bits per heavy atom. The summed E-state index contributed by atoms with van der Waals surface area (Å²) in [7, 11) is 0. The average Bonchev–Trinajstić information content (AvgIpc) is 3.08. The van der Waals surface area contributed by atoms with Gasteiger partial charge in [-0.25, -0.2) is 4.79 Å². The van der Waals surface area contributed by atoms with Crippen molar-refractivity contribution in [3.05, 3.63) is 41.0 Å². The molecule has 1 unspecified atom stereocenters. The SMILES string of the molecule is CC(C)CC1C2=C(CCN1C(=O)CCCCCNC(=O)OC(C)(C)C)c1ccccc1C2. The van der Waals surface area contributed by atoms with Crippen molar-refractivity contribution in [2.75, 3.05) is 13.1 Å². The fourth-order valence-electron chi connectivity index (χ4n) is 4.88. The highest BCUT2D eigenvalue weighted by Gasteiger charge is 2.36. The van der Waals surface area contributed by atoms with Gasteiger partial charge in [0.1, 0.15) is 5.60 Å². The van der Waals surface area contributed by atoms with Gasteiger partial charge < -0.3 is 15.0 Å². The number of nitrogens with zero attached hydrogens (tertiary/aromatic N) is 1. The van der Waals surface area contributed by atoms with E-state index in [-0.39, 0.29) is 18.0 Å². The van der Waals surface area contributed by atoms with Crippen molar-refractivity contribution in [3.63, 3.8) is 0 Å².